The molecule has 0 saturated carbocycles. The third kappa shape index (κ3) is 4.54. The summed E-state index contributed by atoms with van der Waals surface area (Å²) in [5.41, 5.74) is -0.0716. The van der Waals surface area contributed by atoms with Gasteiger partial charge in [0.05, 0.1) is 17.5 Å². The maximum absolute atomic E-state index is 11.6. The van der Waals surface area contributed by atoms with Crippen LogP contribution in [0, 0.1) is 0 Å². The molecule has 2 aliphatic rings. The number of hydrogen-bond acceptors (Lipinski definition) is 5. The molecule has 0 aromatic carbocycles. The van der Waals surface area contributed by atoms with Gasteiger partial charge in [0, 0.05) is 31.1 Å². The highest BCUT2D eigenvalue weighted by Gasteiger charge is 2.42. The predicted molar refractivity (Wildman–Crippen MR) is 93.1 cm³/mol. The third-order valence-electron chi connectivity index (χ3n) is 4.84. The molecule has 2 fully saturated rings. The molecule has 0 unspecified atom stereocenters. The van der Waals surface area contributed by atoms with Crippen molar-refractivity contribution in [1.29, 1.82) is 0 Å². The molecule has 23 heavy (non-hydrogen) atoms. The van der Waals surface area contributed by atoms with Crippen LogP contribution >= 0.6 is 11.3 Å². The summed E-state index contributed by atoms with van der Waals surface area (Å²) >= 11 is 1.80. The van der Waals surface area contributed by atoms with Gasteiger partial charge >= 0.3 is 0 Å². The Morgan fingerprint density at radius 3 is 3.09 bits per heavy atom. The molecular formula is C16H26N2O3S2. The molecule has 2 aliphatic heterocycles. The lowest BCUT2D eigenvalue weighted by Crippen LogP contribution is -2.46. The van der Waals surface area contributed by atoms with Crippen molar-refractivity contribution in [2.45, 2.75) is 50.9 Å². The van der Waals surface area contributed by atoms with Crippen LogP contribution < -0.4 is 4.72 Å². The molecule has 0 amide bonds. The fourth-order valence-corrected chi connectivity index (χ4v) is 4.96. The molecule has 0 aliphatic carbocycles. The molecule has 130 valence electrons. The number of sulfonamides is 1. The zero-order valence-corrected chi connectivity index (χ0v) is 15.3. The molecule has 0 radical (unpaired) electrons. The lowest BCUT2D eigenvalue weighted by molar-refractivity contribution is -0.118. The van der Waals surface area contributed by atoms with Crippen molar-refractivity contribution in [2.24, 2.45) is 0 Å². The number of ether oxygens (including phenoxy) is 1. The first-order chi connectivity index (χ1) is 11.0. The minimum Gasteiger partial charge on any atom is -0.369 e. The van der Waals surface area contributed by atoms with Crippen LogP contribution in [0.3, 0.4) is 0 Å². The van der Waals surface area contributed by atoms with Crippen LogP contribution in [0.4, 0.5) is 0 Å². The molecule has 3 heterocycles. The summed E-state index contributed by atoms with van der Waals surface area (Å²) in [4.78, 5) is 3.86. The van der Waals surface area contributed by atoms with E-state index >= 15 is 0 Å². The Morgan fingerprint density at radius 2 is 2.35 bits per heavy atom. The molecule has 2 saturated heterocycles. The van der Waals surface area contributed by atoms with E-state index in [9.17, 15) is 8.42 Å². The minimum atomic E-state index is -3.14. The second kappa shape index (κ2) is 7.19. The Kier molecular flexibility index (Phi) is 5.42. The van der Waals surface area contributed by atoms with Crippen LogP contribution in [-0.2, 0) is 21.3 Å². The van der Waals surface area contributed by atoms with E-state index in [2.05, 4.69) is 27.1 Å². The quantitative estimate of drug-likeness (QED) is 0.847. The topological polar surface area (TPSA) is 58.6 Å². The highest BCUT2D eigenvalue weighted by atomic mass is 32.2. The van der Waals surface area contributed by atoms with E-state index in [1.165, 1.54) is 4.88 Å². The molecule has 3 rings (SSSR count). The van der Waals surface area contributed by atoms with E-state index in [1.807, 2.05) is 0 Å². The molecule has 1 aromatic rings. The minimum absolute atomic E-state index is 0.00626. The van der Waals surface area contributed by atoms with Crippen LogP contribution in [0.5, 0.6) is 0 Å². The average Bonchev–Trinajstić information content (AvgIpc) is 3.17. The summed E-state index contributed by atoms with van der Waals surface area (Å²) in [6.07, 6.45) is 4.21. The van der Waals surface area contributed by atoms with Crippen molar-refractivity contribution in [3.8, 4) is 0 Å². The maximum Gasteiger partial charge on any atom is 0.211 e. The molecule has 2 atom stereocenters. The van der Waals surface area contributed by atoms with E-state index in [-0.39, 0.29) is 17.5 Å². The van der Waals surface area contributed by atoms with Gasteiger partial charge in [-0.05, 0) is 44.1 Å². The fourth-order valence-electron chi connectivity index (χ4n) is 3.57. The van der Waals surface area contributed by atoms with E-state index < -0.39 is 10.0 Å². The van der Waals surface area contributed by atoms with Gasteiger partial charge in [0.1, 0.15) is 0 Å². The van der Waals surface area contributed by atoms with Gasteiger partial charge < -0.3 is 4.74 Å². The standard InChI is InChI=1S/C16H26N2O3S2/c1-2-23(19,20)17-11-14-5-3-7-16(21-14)8-9-18(13-16)12-15-6-4-10-22-15/h4,6,10,14,17H,2-3,5,7-9,11-13H2,1H3/t14-,16-/m0/s1. The second-order valence-electron chi connectivity index (χ2n) is 6.61. The molecule has 5 nitrogen and oxygen atoms in total. The smallest absolute Gasteiger partial charge is 0.211 e. The van der Waals surface area contributed by atoms with Crippen molar-refractivity contribution in [3.05, 3.63) is 22.4 Å². The molecule has 1 N–H and O–H groups in total. The Bertz CT molecular complexity index is 603. The van der Waals surface area contributed by atoms with Crippen molar-refractivity contribution < 1.29 is 13.2 Å². The van der Waals surface area contributed by atoms with E-state index in [0.717, 1.165) is 45.3 Å². The van der Waals surface area contributed by atoms with E-state index in [0.29, 0.717) is 6.54 Å². The average molecular weight is 359 g/mol. The highest BCUT2D eigenvalue weighted by molar-refractivity contribution is 7.89. The van der Waals surface area contributed by atoms with Crippen LogP contribution in [0.25, 0.3) is 0 Å². The van der Waals surface area contributed by atoms with Gasteiger partial charge in [0.2, 0.25) is 10.0 Å². The van der Waals surface area contributed by atoms with Gasteiger partial charge in [0.15, 0.2) is 0 Å². The van der Waals surface area contributed by atoms with Crippen molar-refractivity contribution in [2.75, 3.05) is 25.4 Å². The summed E-state index contributed by atoms with van der Waals surface area (Å²) in [7, 11) is -3.14. The van der Waals surface area contributed by atoms with Gasteiger partial charge in [-0.2, -0.15) is 0 Å². The first kappa shape index (κ1) is 17.4. The molecule has 1 spiro atoms. The zero-order valence-electron chi connectivity index (χ0n) is 13.7. The largest absolute Gasteiger partial charge is 0.369 e. The van der Waals surface area contributed by atoms with Crippen LogP contribution in [0.15, 0.2) is 17.5 Å². The maximum atomic E-state index is 11.6. The van der Waals surface area contributed by atoms with Crippen molar-refractivity contribution in [1.82, 2.24) is 9.62 Å². The summed E-state index contributed by atoms with van der Waals surface area (Å²) in [5, 5.41) is 2.12. The molecule has 7 heteroatoms. The van der Waals surface area contributed by atoms with Crippen LogP contribution in [-0.4, -0.2) is 50.4 Å². The van der Waals surface area contributed by atoms with Gasteiger partial charge in [-0.1, -0.05) is 6.07 Å². The number of rotatable bonds is 6. The Balaban J connectivity index is 1.53. The predicted octanol–water partition coefficient (Wildman–Crippen LogP) is 2.20. The number of nitrogens with zero attached hydrogens (tertiary/aromatic N) is 1. The number of nitrogens with one attached hydrogen (secondary N) is 1. The van der Waals surface area contributed by atoms with Crippen LogP contribution in [0.2, 0.25) is 0 Å². The lowest BCUT2D eigenvalue weighted by Gasteiger charge is -2.39. The number of thiophene rings is 1. The Hall–Kier alpha value is -0.470. The summed E-state index contributed by atoms with van der Waals surface area (Å²) in [6.45, 7) is 5.08. The van der Waals surface area contributed by atoms with Gasteiger partial charge in [-0.15, -0.1) is 11.3 Å². The summed E-state index contributed by atoms with van der Waals surface area (Å²) < 4.78 is 32.2. The summed E-state index contributed by atoms with van der Waals surface area (Å²) in [5.74, 6) is 0.124. The first-order valence-corrected chi connectivity index (χ1v) is 10.9. The first-order valence-electron chi connectivity index (χ1n) is 8.40. The second-order valence-corrected chi connectivity index (χ2v) is 9.73. The zero-order chi connectivity index (χ0) is 16.3. The third-order valence-corrected chi connectivity index (χ3v) is 7.07. The Labute approximate surface area is 143 Å². The van der Waals surface area contributed by atoms with Gasteiger partial charge in [0.25, 0.3) is 0 Å². The van der Waals surface area contributed by atoms with Gasteiger partial charge in [-0.25, -0.2) is 13.1 Å². The van der Waals surface area contributed by atoms with Gasteiger partial charge in [-0.3, -0.25) is 4.90 Å². The number of hydrogen-bond donors (Lipinski definition) is 1. The van der Waals surface area contributed by atoms with Crippen molar-refractivity contribution in [3.63, 3.8) is 0 Å². The van der Waals surface area contributed by atoms with Crippen LogP contribution in [0.1, 0.15) is 37.5 Å². The SMILES string of the molecule is CCS(=O)(=O)NC[C@@H]1CCC[C@@]2(CCN(Cc3cccs3)C2)O1. The molecule has 1 aromatic heterocycles. The normalized spacial score (nSPS) is 29.3. The highest BCUT2D eigenvalue weighted by Crippen LogP contribution is 2.37. The van der Waals surface area contributed by atoms with E-state index in [4.69, 9.17) is 4.74 Å². The number of likely N-dealkylation sites (tertiary alicyclic amines) is 1. The molecule has 0 bridgehead atoms. The lowest BCUT2D eigenvalue weighted by atomic mass is 9.90. The molecular weight excluding hydrogens is 332 g/mol. The van der Waals surface area contributed by atoms with Crippen molar-refractivity contribution >= 4 is 21.4 Å². The van der Waals surface area contributed by atoms with E-state index in [1.54, 1.807) is 18.3 Å². The monoisotopic (exact) mass is 358 g/mol. The Morgan fingerprint density at radius 1 is 1.48 bits per heavy atom. The summed E-state index contributed by atoms with van der Waals surface area (Å²) in [6, 6.07) is 4.28. The fraction of sp³-hybridized carbons (Fsp3) is 0.750.